The monoisotopic (exact) mass is 372 g/mol. The Morgan fingerprint density at radius 2 is 1.93 bits per heavy atom. The molecule has 0 aliphatic carbocycles. The van der Waals surface area contributed by atoms with E-state index in [0.717, 1.165) is 51.6 Å². The summed E-state index contributed by atoms with van der Waals surface area (Å²) in [5, 5.41) is 7.19. The molecule has 0 radical (unpaired) electrons. The number of likely N-dealkylation sites (tertiary alicyclic amines) is 1. The summed E-state index contributed by atoms with van der Waals surface area (Å²) in [7, 11) is 6.29. The van der Waals surface area contributed by atoms with Gasteiger partial charge in [-0.2, -0.15) is 0 Å². The minimum absolute atomic E-state index is 0.446. The zero-order valence-electron chi connectivity index (χ0n) is 17.4. The molecule has 0 aromatic heterocycles. The van der Waals surface area contributed by atoms with Gasteiger partial charge in [-0.25, -0.2) is 0 Å². The summed E-state index contributed by atoms with van der Waals surface area (Å²) in [5.74, 6) is 0.926. The van der Waals surface area contributed by atoms with Crippen molar-refractivity contribution in [1.29, 1.82) is 0 Å². The molecule has 6 heteroatoms. The third kappa shape index (κ3) is 5.67. The molecule has 27 heavy (non-hydrogen) atoms. The maximum atomic E-state index is 4.46. The van der Waals surface area contributed by atoms with Crippen molar-refractivity contribution in [2.24, 2.45) is 4.99 Å². The minimum Gasteiger partial charge on any atom is -0.355 e. The summed E-state index contributed by atoms with van der Waals surface area (Å²) in [6, 6.07) is 12.3. The average molecular weight is 373 g/mol. The number of nitrogens with one attached hydrogen (secondary N) is 2. The van der Waals surface area contributed by atoms with Gasteiger partial charge < -0.3 is 15.5 Å². The second kappa shape index (κ2) is 9.53. The van der Waals surface area contributed by atoms with Gasteiger partial charge >= 0.3 is 0 Å². The molecule has 1 aromatic carbocycles. The molecule has 1 aromatic rings. The fourth-order valence-corrected chi connectivity index (χ4v) is 4.17. The molecular weight excluding hydrogens is 336 g/mol. The normalized spacial score (nSPS) is 28.4. The third-order valence-corrected chi connectivity index (χ3v) is 5.98. The molecule has 0 amide bonds. The van der Waals surface area contributed by atoms with Crippen molar-refractivity contribution in [3.63, 3.8) is 0 Å². The van der Waals surface area contributed by atoms with Crippen molar-refractivity contribution in [3.05, 3.63) is 35.9 Å². The number of likely N-dealkylation sites (N-methyl/N-ethyl adjacent to an activating group) is 2. The summed E-state index contributed by atoms with van der Waals surface area (Å²) >= 11 is 0. The molecule has 2 fully saturated rings. The van der Waals surface area contributed by atoms with Crippen molar-refractivity contribution in [1.82, 2.24) is 25.3 Å². The van der Waals surface area contributed by atoms with Crippen LogP contribution in [0.1, 0.15) is 18.9 Å². The van der Waals surface area contributed by atoms with Crippen LogP contribution in [0.2, 0.25) is 0 Å². The number of hydrogen-bond acceptors (Lipinski definition) is 4. The number of aliphatic imine (C=N–C) groups is 1. The van der Waals surface area contributed by atoms with Crippen LogP contribution in [0, 0.1) is 0 Å². The summed E-state index contributed by atoms with van der Waals surface area (Å²) in [6.07, 6.45) is 1.15. The lowest BCUT2D eigenvalue weighted by Crippen LogP contribution is -2.56. The largest absolute Gasteiger partial charge is 0.355 e. The van der Waals surface area contributed by atoms with Gasteiger partial charge in [0.25, 0.3) is 0 Å². The minimum atomic E-state index is 0.446. The second-order valence-electron chi connectivity index (χ2n) is 8.19. The lowest BCUT2D eigenvalue weighted by molar-refractivity contribution is 0.116. The van der Waals surface area contributed by atoms with Crippen LogP contribution in [-0.2, 0) is 6.54 Å². The molecule has 2 saturated heterocycles. The highest BCUT2D eigenvalue weighted by molar-refractivity contribution is 5.80. The van der Waals surface area contributed by atoms with Gasteiger partial charge in [0.1, 0.15) is 0 Å². The fourth-order valence-electron chi connectivity index (χ4n) is 4.17. The van der Waals surface area contributed by atoms with Gasteiger partial charge in [0.2, 0.25) is 0 Å². The van der Waals surface area contributed by atoms with Gasteiger partial charge in [0.15, 0.2) is 5.96 Å². The molecule has 150 valence electrons. The van der Waals surface area contributed by atoms with E-state index >= 15 is 0 Å². The molecule has 3 atom stereocenters. The van der Waals surface area contributed by atoms with Crippen LogP contribution in [0.25, 0.3) is 0 Å². The van der Waals surface area contributed by atoms with E-state index in [1.807, 2.05) is 7.05 Å². The summed E-state index contributed by atoms with van der Waals surface area (Å²) in [5.41, 5.74) is 1.39. The Bertz CT molecular complexity index is 604. The van der Waals surface area contributed by atoms with Crippen molar-refractivity contribution in [3.8, 4) is 0 Å². The Balaban J connectivity index is 1.47. The van der Waals surface area contributed by atoms with Crippen LogP contribution >= 0.6 is 0 Å². The van der Waals surface area contributed by atoms with Crippen LogP contribution < -0.4 is 10.6 Å². The van der Waals surface area contributed by atoms with Gasteiger partial charge in [-0.3, -0.25) is 14.8 Å². The Labute approximate surface area is 164 Å². The highest BCUT2D eigenvalue weighted by Gasteiger charge is 2.29. The molecule has 2 N–H and O–H groups in total. The summed E-state index contributed by atoms with van der Waals surface area (Å²) in [4.78, 5) is 11.9. The highest BCUT2D eigenvalue weighted by atomic mass is 15.3. The number of nitrogens with zero attached hydrogens (tertiary/aromatic N) is 4. The summed E-state index contributed by atoms with van der Waals surface area (Å²) in [6.45, 7) is 8.71. The number of guanidine groups is 1. The van der Waals surface area contributed by atoms with Gasteiger partial charge in [-0.15, -0.1) is 0 Å². The summed E-state index contributed by atoms with van der Waals surface area (Å²) < 4.78 is 0. The van der Waals surface area contributed by atoms with Gasteiger partial charge in [-0.1, -0.05) is 30.3 Å². The van der Waals surface area contributed by atoms with Crippen LogP contribution in [0.15, 0.2) is 35.3 Å². The standard InChI is InChI=1S/C21H36N6/c1-17-12-19(15-27(17)14-18-8-6-5-7-9-18)24-21(22-2)23-13-20-16-25(3)10-11-26(20)4/h5-9,17,19-20H,10-16H2,1-4H3,(H2,22,23,24). The van der Waals surface area contributed by atoms with Crippen LogP contribution in [0.4, 0.5) is 0 Å². The zero-order chi connectivity index (χ0) is 19.2. The molecule has 2 heterocycles. The van der Waals surface area contributed by atoms with E-state index in [9.17, 15) is 0 Å². The smallest absolute Gasteiger partial charge is 0.191 e. The van der Waals surface area contributed by atoms with Crippen molar-refractivity contribution < 1.29 is 0 Å². The third-order valence-electron chi connectivity index (χ3n) is 5.98. The van der Waals surface area contributed by atoms with Crippen LogP contribution in [0.5, 0.6) is 0 Å². The van der Waals surface area contributed by atoms with E-state index in [0.29, 0.717) is 18.1 Å². The molecular formula is C21H36N6. The molecule has 2 aliphatic rings. The van der Waals surface area contributed by atoms with Gasteiger partial charge in [0.05, 0.1) is 0 Å². The number of piperazine rings is 1. The molecule has 0 saturated carbocycles. The first-order valence-electron chi connectivity index (χ1n) is 10.2. The average Bonchev–Trinajstić information content (AvgIpc) is 3.01. The van der Waals surface area contributed by atoms with Crippen LogP contribution in [-0.4, -0.2) is 92.7 Å². The SMILES string of the molecule is CN=C(NCC1CN(C)CCN1C)NC1CC(C)N(Cc2ccccc2)C1. The molecule has 0 bridgehead atoms. The molecule has 6 nitrogen and oxygen atoms in total. The Hall–Kier alpha value is -1.63. The molecule has 3 unspecified atom stereocenters. The van der Waals surface area contributed by atoms with Crippen molar-refractivity contribution in [2.75, 3.05) is 53.9 Å². The first kappa shape index (κ1) is 20.1. The van der Waals surface area contributed by atoms with Gasteiger partial charge in [-0.05, 0) is 33.0 Å². The second-order valence-corrected chi connectivity index (χ2v) is 8.19. The Kier molecular flexibility index (Phi) is 7.10. The van der Waals surface area contributed by atoms with Crippen LogP contribution in [0.3, 0.4) is 0 Å². The molecule has 0 spiro atoms. The van der Waals surface area contributed by atoms with E-state index in [-0.39, 0.29) is 0 Å². The zero-order valence-corrected chi connectivity index (χ0v) is 17.4. The number of hydrogen-bond donors (Lipinski definition) is 2. The lowest BCUT2D eigenvalue weighted by Gasteiger charge is -2.38. The first-order valence-corrected chi connectivity index (χ1v) is 10.2. The van der Waals surface area contributed by atoms with E-state index in [1.165, 1.54) is 5.56 Å². The van der Waals surface area contributed by atoms with Crippen molar-refractivity contribution in [2.45, 2.75) is 38.0 Å². The van der Waals surface area contributed by atoms with E-state index in [2.05, 4.69) is 81.7 Å². The van der Waals surface area contributed by atoms with E-state index in [4.69, 9.17) is 0 Å². The van der Waals surface area contributed by atoms with E-state index < -0.39 is 0 Å². The van der Waals surface area contributed by atoms with E-state index in [1.54, 1.807) is 0 Å². The topological polar surface area (TPSA) is 46.1 Å². The Morgan fingerprint density at radius 3 is 2.67 bits per heavy atom. The number of rotatable bonds is 5. The quantitative estimate of drug-likeness (QED) is 0.598. The predicted molar refractivity (Wildman–Crippen MR) is 113 cm³/mol. The maximum absolute atomic E-state index is 4.46. The maximum Gasteiger partial charge on any atom is 0.191 e. The highest BCUT2D eigenvalue weighted by Crippen LogP contribution is 2.20. The molecule has 2 aliphatic heterocycles. The first-order chi connectivity index (χ1) is 13.0. The Morgan fingerprint density at radius 1 is 1.15 bits per heavy atom. The lowest BCUT2D eigenvalue weighted by atomic mass is 10.2. The fraction of sp³-hybridized carbons (Fsp3) is 0.667. The number of benzene rings is 1. The van der Waals surface area contributed by atoms with Gasteiger partial charge in [0, 0.05) is 64.4 Å². The molecule has 3 rings (SSSR count). The van der Waals surface area contributed by atoms with Crippen molar-refractivity contribution >= 4 is 5.96 Å². The predicted octanol–water partition coefficient (Wildman–Crippen LogP) is 1.06.